The van der Waals surface area contributed by atoms with Crippen molar-refractivity contribution in [2.45, 2.75) is 23.3 Å². The first-order chi connectivity index (χ1) is 8.50. The molecule has 0 fully saturated rings. The number of hydrogen-bond donors (Lipinski definition) is 2. The Kier molecular flexibility index (Phi) is 7.15. The third kappa shape index (κ3) is 7.01. The summed E-state index contributed by atoms with van der Waals surface area (Å²) in [5.74, 6) is 0. The van der Waals surface area contributed by atoms with Crippen molar-refractivity contribution in [3.63, 3.8) is 0 Å². The SMILES string of the molecule is CC(C)S(=O)(=O)c1ccc(Br)s1.NC=NS(=O)(=O)O. The Morgan fingerprint density at radius 2 is 1.89 bits per heavy atom. The molecule has 1 rings (SSSR count). The van der Waals surface area contributed by atoms with Gasteiger partial charge in [-0.1, -0.05) is 0 Å². The fraction of sp³-hybridized carbons (Fsp3) is 0.375. The van der Waals surface area contributed by atoms with Crippen molar-refractivity contribution in [3.05, 3.63) is 15.9 Å². The van der Waals surface area contributed by atoms with Gasteiger partial charge in [-0.15, -0.1) is 15.7 Å². The van der Waals surface area contributed by atoms with Crippen molar-refractivity contribution in [1.82, 2.24) is 0 Å². The van der Waals surface area contributed by atoms with E-state index in [0.29, 0.717) is 10.5 Å². The van der Waals surface area contributed by atoms with E-state index in [1.54, 1.807) is 26.0 Å². The second-order valence-corrected chi connectivity index (χ2v) is 9.66. The van der Waals surface area contributed by atoms with E-state index in [9.17, 15) is 16.8 Å². The monoisotopic (exact) mass is 392 g/mol. The van der Waals surface area contributed by atoms with Gasteiger partial charge in [-0.3, -0.25) is 4.55 Å². The normalized spacial score (nSPS) is 12.5. The van der Waals surface area contributed by atoms with Gasteiger partial charge < -0.3 is 5.73 Å². The van der Waals surface area contributed by atoms with Crippen LogP contribution in [0.4, 0.5) is 0 Å². The number of nitrogens with zero attached hydrogens (tertiary/aromatic N) is 1. The minimum absolute atomic E-state index is 0.344. The molecule has 0 aliphatic carbocycles. The number of sulfone groups is 1. The van der Waals surface area contributed by atoms with Gasteiger partial charge in [0.05, 0.1) is 9.04 Å². The summed E-state index contributed by atoms with van der Waals surface area (Å²) in [7, 11) is -7.30. The molecule has 3 N–H and O–H groups in total. The van der Waals surface area contributed by atoms with Gasteiger partial charge >= 0.3 is 10.3 Å². The quantitative estimate of drug-likeness (QED) is 0.455. The van der Waals surface area contributed by atoms with Gasteiger partial charge in [0, 0.05) is 0 Å². The molecule has 0 aliphatic heterocycles. The number of hydrogen-bond acceptors (Lipinski definition) is 5. The van der Waals surface area contributed by atoms with Crippen LogP contribution in [0.2, 0.25) is 0 Å². The summed E-state index contributed by atoms with van der Waals surface area (Å²) in [5, 5.41) is -0.344. The van der Waals surface area contributed by atoms with Gasteiger partial charge in [-0.05, 0) is 41.9 Å². The highest BCUT2D eigenvalue weighted by molar-refractivity contribution is 9.11. The van der Waals surface area contributed by atoms with Gasteiger partial charge in [-0.25, -0.2) is 8.42 Å². The van der Waals surface area contributed by atoms with Crippen LogP contribution in [0.1, 0.15) is 13.8 Å². The molecule has 0 bridgehead atoms. The molecule has 1 aromatic rings. The van der Waals surface area contributed by atoms with Crippen molar-refractivity contribution in [3.8, 4) is 0 Å². The zero-order chi connectivity index (χ0) is 15.3. The van der Waals surface area contributed by atoms with Crippen LogP contribution in [0.15, 0.2) is 24.5 Å². The third-order valence-electron chi connectivity index (χ3n) is 1.64. The summed E-state index contributed by atoms with van der Waals surface area (Å²) in [5.41, 5.74) is 4.48. The van der Waals surface area contributed by atoms with Crippen molar-refractivity contribution >= 4 is 53.7 Å². The highest BCUT2D eigenvalue weighted by Gasteiger charge is 2.20. The molecule has 110 valence electrons. The van der Waals surface area contributed by atoms with Crippen LogP contribution in [-0.2, 0) is 20.1 Å². The van der Waals surface area contributed by atoms with E-state index in [4.69, 9.17) is 4.55 Å². The highest BCUT2D eigenvalue weighted by atomic mass is 79.9. The standard InChI is InChI=1S/C7H9BrO2S2.CH4N2O3S/c1-5(2)12(9,10)7-4-3-6(8)11-7;2-1-3-7(4,5)6/h3-5H,1-2H3;1H,(H2,2,3)(H,4,5,6). The van der Waals surface area contributed by atoms with Crippen molar-refractivity contribution in [2.24, 2.45) is 10.1 Å². The van der Waals surface area contributed by atoms with Crippen molar-refractivity contribution < 1.29 is 21.4 Å². The molecule has 1 aromatic heterocycles. The van der Waals surface area contributed by atoms with E-state index >= 15 is 0 Å². The molecule has 0 saturated carbocycles. The minimum atomic E-state index is -4.23. The van der Waals surface area contributed by atoms with Crippen molar-refractivity contribution in [1.29, 1.82) is 0 Å². The molecule has 7 nitrogen and oxygen atoms in total. The molecule has 0 radical (unpaired) electrons. The Labute approximate surface area is 124 Å². The van der Waals surface area contributed by atoms with E-state index in [0.717, 1.165) is 3.79 Å². The molecule has 0 saturated heterocycles. The van der Waals surface area contributed by atoms with Crippen LogP contribution in [0.5, 0.6) is 0 Å². The van der Waals surface area contributed by atoms with Gasteiger partial charge in [0.25, 0.3) is 0 Å². The lowest BCUT2D eigenvalue weighted by atomic mass is 10.6. The summed E-state index contributed by atoms with van der Waals surface area (Å²) < 4.78 is 53.5. The van der Waals surface area contributed by atoms with Gasteiger partial charge in [0.1, 0.15) is 10.5 Å². The lowest BCUT2D eigenvalue weighted by Gasteiger charge is -2.03. The van der Waals surface area contributed by atoms with Gasteiger partial charge in [-0.2, -0.15) is 8.42 Å². The first-order valence-corrected chi connectivity index (χ1v) is 9.28. The third-order valence-corrected chi connectivity index (χ3v) is 6.34. The second-order valence-electron chi connectivity index (χ2n) is 3.35. The lowest BCUT2D eigenvalue weighted by molar-refractivity contribution is 0.485. The Morgan fingerprint density at radius 1 is 1.37 bits per heavy atom. The van der Waals surface area contributed by atoms with Crippen LogP contribution in [-0.4, -0.2) is 33.0 Å². The van der Waals surface area contributed by atoms with Gasteiger partial charge in [0.15, 0.2) is 9.84 Å². The van der Waals surface area contributed by atoms with E-state index in [-0.39, 0.29) is 5.25 Å². The number of rotatable bonds is 3. The van der Waals surface area contributed by atoms with Crippen LogP contribution >= 0.6 is 27.3 Å². The van der Waals surface area contributed by atoms with Gasteiger partial charge in [0.2, 0.25) is 0 Å². The van der Waals surface area contributed by atoms with E-state index < -0.39 is 20.1 Å². The largest absolute Gasteiger partial charge is 0.389 e. The zero-order valence-corrected chi connectivity index (χ0v) is 14.1. The average Bonchev–Trinajstić information content (AvgIpc) is 2.64. The molecular formula is C8H13BrN2O5S3. The number of halogens is 1. The molecule has 0 aromatic carbocycles. The van der Waals surface area contributed by atoms with E-state index in [1.807, 2.05) is 0 Å². The van der Waals surface area contributed by atoms with Crippen LogP contribution in [0.3, 0.4) is 0 Å². The predicted molar refractivity (Wildman–Crippen MR) is 78.6 cm³/mol. The van der Waals surface area contributed by atoms with Crippen molar-refractivity contribution in [2.75, 3.05) is 0 Å². The molecule has 0 atom stereocenters. The topological polar surface area (TPSA) is 127 Å². The Hall–Kier alpha value is -0.490. The first-order valence-electron chi connectivity index (χ1n) is 4.73. The molecular weight excluding hydrogens is 380 g/mol. The molecule has 11 heteroatoms. The Bertz CT molecular complexity index is 633. The molecule has 0 amide bonds. The maximum Gasteiger partial charge on any atom is 0.379 e. The molecule has 0 aliphatic rings. The lowest BCUT2D eigenvalue weighted by Crippen LogP contribution is -2.12. The summed E-state index contributed by atoms with van der Waals surface area (Å²) in [6.45, 7) is 3.37. The summed E-state index contributed by atoms with van der Waals surface area (Å²) in [6, 6.07) is 3.38. The summed E-state index contributed by atoms with van der Waals surface area (Å²) in [6.07, 6.45) is 0.495. The molecule has 0 unspecified atom stereocenters. The maximum absolute atomic E-state index is 11.5. The smallest absolute Gasteiger partial charge is 0.379 e. The molecule has 1 heterocycles. The van der Waals surface area contributed by atoms with E-state index in [1.165, 1.54) is 11.3 Å². The molecule has 0 spiro atoms. The number of nitrogens with two attached hydrogens (primary N) is 1. The Morgan fingerprint density at radius 3 is 2.11 bits per heavy atom. The summed E-state index contributed by atoms with van der Waals surface area (Å²) in [4.78, 5) is 0. The van der Waals surface area contributed by atoms with Crippen LogP contribution < -0.4 is 5.73 Å². The first kappa shape index (κ1) is 18.5. The minimum Gasteiger partial charge on any atom is -0.389 e. The molecule has 19 heavy (non-hydrogen) atoms. The Balaban J connectivity index is 0.000000399. The highest BCUT2D eigenvalue weighted by Crippen LogP contribution is 2.28. The average molecular weight is 393 g/mol. The van der Waals surface area contributed by atoms with Crippen LogP contribution in [0.25, 0.3) is 0 Å². The fourth-order valence-electron chi connectivity index (χ4n) is 0.760. The predicted octanol–water partition coefficient (Wildman–Crippen LogP) is 1.47. The number of thiophene rings is 1. The second kappa shape index (κ2) is 7.33. The zero-order valence-electron chi connectivity index (χ0n) is 10.0. The van der Waals surface area contributed by atoms with Crippen LogP contribution in [0, 0.1) is 0 Å². The maximum atomic E-state index is 11.5. The summed E-state index contributed by atoms with van der Waals surface area (Å²) >= 11 is 4.48. The van der Waals surface area contributed by atoms with E-state index in [2.05, 4.69) is 26.1 Å². The fourth-order valence-corrected chi connectivity index (χ4v) is 4.39.